The Morgan fingerprint density at radius 3 is 2.65 bits per heavy atom. The lowest BCUT2D eigenvalue weighted by Gasteiger charge is -2.17. The first-order valence-electron chi connectivity index (χ1n) is 5.57. The van der Waals surface area contributed by atoms with Crippen LogP contribution in [0.4, 0.5) is 0 Å². The van der Waals surface area contributed by atoms with E-state index >= 15 is 0 Å². The molecule has 90 valence electrons. The molecule has 0 radical (unpaired) electrons. The molecule has 3 nitrogen and oxygen atoms in total. The Morgan fingerprint density at radius 2 is 2.06 bits per heavy atom. The summed E-state index contributed by atoms with van der Waals surface area (Å²) in [5, 5.41) is 0. The van der Waals surface area contributed by atoms with Crippen LogP contribution in [0.15, 0.2) is 34.9 Å². The fourth-order valence-corrected chi connectivity index (χ4v) is 2.12. The number of benzene rings is 1. The van der Waals surface area contributed by atoms with Gasteiger partial charge >= 0.3 is 0 Å². The Labute approximate surface area is 101 Å². The van der Waals surface area contributed by atoms with Crippen molar-refractivity contribution in [3.8, 4) is 5.75 Å². The van der Waals surface area contributed by atoms with E-state index in [9.17, 15) is 0 Å². The number of hydrogen-bond donors (Lipinski definition) is 1. The van der Waals surface area contributed by atoms with Gasteiger partial charge < -0.3 is 14.9 Å². The Morgan fingerprint density at radius 1 is 1.29 bits per heavy atom. The van der Waals surface area contributed by atoms with Crippen molar-refractivity contribution < 1.29 is 9.15 Å². The Hall–Kier alpha value is -1.74. The molecule has 17 heavy (non-hydrogen) atoms. The highest BCUT2D eigenvalue weighted by Crippen LogP contribution is 2.32. The second kappa shape index (κ2) is 4.63. The minimum atomic E-state index is -0.291. The second-order valence-electron chi connectivity index (χ2n) is 4.19. The predicted octanol–water partition coefficient (Wildman–Crippen LogP) is 2.95. The minimum Gasteiger partial charge on any atom is -0.496 e. The van der Waals surface area contributed by atoms with Gasteiger partial charge in [0.15, 0.2) is 0 Å². The first-order chi connectivity index (χ1) is 8.13. The molecule has 0 spiro atoms. The van der Waals surface area contributed by atoms with Crippen molar-refractivity contribution in [1.29, 1.82) is 0 Å². The molecule has 3 heteroatoms. The highest BCUT2D eigenvalue weighted by Gasteiger charge is 2.19. The number of furan rings is 1. The number of methoxy groups -OCH3 is 1. The monoisotopic (exact) mass is 231 g/mol. The summed E-state index contributed by atoms with van der Waals surface area (Å²) in [4.78, 5) is 0. The van der Waals surface area contributed by atoms with Gasteiger partial charge in [-0.2, -0.15) is 0 Å². The van der Waals surface area contributed by atoms with Gasteiger partial charge in [-0.25, -0.2) is 0 Å². The summed E-state index contributed by atoms with van der Waals surface area (Å²) in [6, 6.07) is 7.51. The molecule has 2 rings (SSSR count). The molecule has 1 heterocycles. The van der Waals surface area contributed by atoms with Crippen LogP contribution in [0.2, 0.25) is 0 Å². The third kappa shape index (κ3) is 2.19. The van der Waals surface area contributed by atoms with Crippen molar-refractivity contribution in [3.63, 3.8) is 0 Å². The summed E-state index contributed by atoms with van der Waals surface area (Å²) in [7, 11) is 1.66. The summed E-state index contributed by atoms with van der Waals surface area (Å²) >= 11 is 0. The molecule has 0 amide bonds. The van der Waals surface area contributed by atoms with Crippen LogP contribution >= 0.6 is 0 Å². The topological polar surface area (TPSA) is 48.4 Å². The third-order valence-corrected chi connectivity index (χ3v) is 2.87. The van der Waals surface area contributed by atoms with E-state index in [4.69, 9.17) is 14.9 Å². The predicted molar refractivity (Wildman–Crippen MR) is 67.2 cm³/mol. The average Bonchev–Trinajstić information content (AvgIpc) is 2.80. The molecule has 0 aliphatic carbocycles. The molecule has 0 saturated carbocycles. The third-order valence-electron chi connectivity index (χ3n) is 2.87. The maximum Gasteiger partial charge on any atom is 0.125 e. The summed E-state index contributed by atoms with van der Waals surface area (Å²) in [6.45, 7) is 4.07. The van der Waals surface area contributed by atoms with Crippen molar-refractivity contribution in [2.75, 3.05) is 7.11 Å². The van der Waals surface area contributed by atoms with E-state index in [0.29, 0.717) is 0 Å². The van der Waals surface area contributed by atoms with E-state index in [1.165, 1.54) is 0 Å². The Balaban J connectivity index is 2.51. The zero-order chi connectivity index (χ0) is 12.4. The second-order valence-corrected chi connectivity index (χ2v) is 4.19. The molecular weight excluding hydrogens is 214 g/mol. The first kappa shape index (κ1) is 11.7. The van der Waals surface area contributed by atoms with Crippen LogP contribution in [0.1, 0.15) is 28.5 Å². The maximum atomic E-state index is 6.21. The van der Waals surface area contributed by atoms with Gasteiger partial charge in [-0.1, -0.05) is 6.07 Å². The van der Waals surface area contributed by atoms with Gasteiger partial charge in [0.2, 0.25) is 0 Å². The van der Waals surface area contributed by atoms with Crippen molar-refractivity contribution in [3.05, 3.63) is 53.0 Å². The number of aryl methyl sites for hydroxylation is 2. The van der Waals surface area contributed by atoms with Crippen molar-refractivity contribution in [2.24, 2.45) is 5.73 Å². The summed E-state index contributed by atoms with van der Waals surface area (Å²) in [6.07, 6.45) is 1.63. The number of nitrogens with two attached hydrogens (primary N) is 1. The van der Waals surface area contributed by atoms with Crippen LogP contribution in [0.25, 0.3) is 0 Å². The van der Waals surface area contributed by atoms with Gasteiger partial charge in [-0.05, 0) is 43.2 Å². The van der Waals surface area contributed by atoms with E-state index < -0.39 is 0 Å². The van der Waals surface area contributed by atoms with E-state index in [1.807, 2.05) is 32.0 Å². The quantitative estimate of drug-likeness (QED) is 0.883. The zero-order valence-electron chi connectivity index (χ0n) is 10.4. The fourth-order valence-electron chi connectivity index (χ4n) is 2.12. The highest BCUT2D eigenvalue weighted by atomic mass is 16.5. The SMILES string of the molecule is COc1cc(C)cc(C)c1C(N)c1ccco1. The molecule has 1 atom stereocenters. The van der Waals surface area contributed by atoms with Gasteiger partial charge in [0.25, 0.3) is 0 Å². The van der Waals surface area contributed by atoms with Crippen LogP contribution in [0.3, 0.4) is 0 Å². The Kier molecular flexibility index (Phi) is 3.20. The van der Waals surface area contributed by atoms with E-state index in [-0.39, 0.29) is 6.04 Å². The highest BCUT2D eigenvalue weighted by molar-refractivity contribution is 5.47. The minimum absolute atomic E-state index is 0.291. The first-order valence-corrected chi connectivity index (χ1v) is 5.57. The van der Waals surface area contributed by atoms with Crippen LogP contribution in [-0.4, -0.2) is 7.11 Å². The molecule has 0 fully saturated rings. The summed E-state index contributed by atoms with van der Waals surface area (Å²) < 4.78 is 10.8. The van der Waals surface area contributed by atoms with Crippen LogP contribution in [-0.2, 0) is 0 Å². The van der Waals surface area contributed by atoms with E-state index in [1.54, 1.807) is 13.4 Å². The standard InChI is InChI=1S/C14H17NO2/c1-9-7-10(2)13(12(8-9)16-3)14(15)11-5-4-6-17-11/h4-8,14H,15H2,1-3H3. The lowest BCUT2D eigenvalue weighted by atomic mass is 9.97. The molecule has 0 bridgehead atoms. The number of rotatable bonds is 3. The number of hydrogen-bond acceptors (Lipinski definition) is 3. The lowest BCUT2D eigenvalue weighted by molar-refractivity contribution is 0.402. The van der Waals surface area contributed by atoms with Crippen molar-refractivity contribution in [2.45, 2.75) is 19.9 Å². The molecule has 2 N–H and O–H groups in total. The van der Waals surface area contributed by atoms with Gasteiger partial charge in [0.1, 0.15) is 11.5 Å². The lowest BCUT2D eigenvalue weighted by Crippen LogP contribution is -2.14. The molecular formula is C14H17NO2. The fraction of sp³-hybridized carbons (Fsp3) is 0.286. The molecule has 0 saturated heterocycles. The van der Waals surface area contributed by atoms with Crippen LogP contribution in [0, 0.1) is 13.8 Å². The van der Waals surface area contributed by atoms with E-state index in [2.05, 4.69) is 6.07 Å². The Bertz CT molecular complexity index is 503. The molecule has 1 aromatic carbocycles. The van der Waals surface area contributed by atoms with Gasteiger partial charge in [-0.3, -0.25) is 0 Å². The smallest absolute Gasteiger partial charge is 0.125 e. The van der Waals surface area contributed by atoms with Crippen LogP contribution < -0.4 is 10.5 Å². The largest absolute Gasteiger partial charge is 0.496 e. The van der Waals surface area contributed by atoms with Gasteiger partial charge in [0.05, 0.1) is 19.4 Å². The normalized spacial score (nSPS) is 12.5. The molecule has 0 aliphatic rings. The van der Waals surface area contributed by atoms with Crippen molar-refractivity contribution >= 4 is 0 Å². The van der Waals surface area contributed by atoms with Gasteiger partial charge in [0, 0.05) is 5.56 Å². The van der Waals surface area contributed by atoms with Gasteiger partial charge in [-0.15, -0.1) is 0 Å². The molecule has 1 unspecified atom stereocenters. The average molecular weight is 231 g/mol. The molecule has 1 aromatic heterocycles. The molecule has 0 aliphatic heterocycles. The van der Waals surface area contributed by atoms with Crippen molar-refractivity contribution in [1.82, 2.24) is 0 Å². The van der Waals surface area contributed by atoms with E-state index in [0.717, 1.165) is 28.2 Å². The maximum absolute atomic E-state index is 6.21. The molecule has 2 aromatic rings. The summed E-state index contributed by atoms with van der Waals surface area (Å²) in [5.41, 5.74) is 9.47. The zero-order valence-corrected chi connectivity index (χ0v) is 10.4. The number of ether oxygens (including phenoxy) is 1. The van der Waals surface area contributed by atoms with Crippen LogP contribution in [0.5, 0.6) is 5.75 Å². The summed E-state index contributed by atoms with van der Waals surface area (Å²) in [5.74, 6) is 1.56.